The van der Waals surface area contributed by atoms with Crippen molar-refractivity contribution in [3.05, 3.63) is 58.6 Å². The summed E-state index contributed by atoms with van der Waals surface area (Å²) in [6.07, 6.45) is 0. The first kappa shape index (κ1) is 14.7. The molecular weight excluding hydrogens is 288 g/mol. The van der Waals surface area contributed by atoms with Crippen molar-refractivity contribution < 1.29 is 4.79 Å². The highest BCUT2D eigenvalue weighted by Crippen LogP contribution is 2.19. The van der Waals surface area contributed by atoms with Gasteiger partial charge in [-0.05, 0) is 35.9 Å². The molecule has 5 nitrogen and oxygen atoms in total. The highest BCUT2D eigenvalue weighted by atomic mass is 35.5. The Morgan fingerprint density at radius 3 is 2.81 bits per heavy atom. The molecule has 0 heterocycles. The number of urea groups is 1. The minimum absolute atomic E-state index is 0.338. The van der Waals surface area contributed by atoms with Crippen molar-refractivity contribution in [2.45, 2.75) is 6.54 Å². The van der Waals surface area contributed by atoms with E-state index in [9.17, 15) is 4.79 Å². The van der Waals surface area contributed by atoms with Crippen molar-refractivity contribution in [3.63, 3.8) is 0 Å². The molecule has 0 bridgehead atoms. The van der Waals surface area contributed by atoms with Crippen LogP contribution < -0.4 is 16.4 Å². The number of nitrogens with one attached hydrogen (secondary N) is 2. The standard InChI is InChI=1S/C15H13ClN4O/c16-12-3-1-2-11(6-12)9-19-15(21)20-14-7-10(8-17)4-5-13(14)18/h1-7H,9,18H2,(H2,19,20,21). The van der Waals surface area contributed by atoms with Gasteiger partial charge in [0.05, 0.1) is 23.0 Å². The van der Waals surface area contributed by atoms with E-state index in [1.165, 1.54) is 6.07 Å². The summed E-state index contributed by atoms with van der Waals surface area (Å²) in [6, 6.07) is 13.5. The third-order valence-electron chi connectivity index (χ3n) is 2.77. The van der Waals surface area contributed by atoms with Crippen LogP contribution in [0.3, 0.4) is 0 Å². The summed E-state index contributed by atoms with van der Waals surface area (Å²) in [6.45, 7) is 0.338. The van der Waals surface area contributed by atoms with Crippen LogP contribution in [0.25, 0.3) is 0 Å². The van der Waals surface area contributed by atoms with Gasteiger partial charge in [0, 0.05) is 11.6 Å². The molecule has 4 N–H and O–H groups in total. The Bertz CT molecular complexity index is 709. The molecule has 0 atom stereocenters. The van der Waals surface area contributed by atoms with E-state index in [2.05, 4.69) is 10.6 Å². The maximum atomic E-state index is 11.8. The van der Waals surface area contributed by atoms with Gasteiger partial charge in [-0.15, -0.1) is 0 Å². The lowest BCUT2D eigenvalue weighted by Crippen LogP contribution is -2.28. The van der Waals surface area contributed by atoms with Crippen LogP contribution in [-0.2, 0) is 6.54 Å². The average Bonchev–Trinajstić information content (AvgIpc) is 2.47. The summed E-state index contributed by atoms with van der Waals surface area (Å²) < 4.78 is 0. The first-order chi connectivity index (χ1) is 10.1. The molecule has 0 aliphatic carbocycles. The number of carbonyl (C=O) groups excluding carboxylic acids is 1. The number of rotatable bonds is 3. The van der Waals surface area contributed by atoms with Crippen LogP contribution in [-0.4, -0.2) is 6.03 Å². The third-order valence-corrected chi connectivity index (χ3v) is 3.01. The lowest BCUT2D eigenvalue weighted by molar-refractivity contribution is 0.252. The van der Waals surface area contributed by atoms with Gasteiger partial charge >= 0.3 is 6.03 Å². The zero-order valence-electron chi connectivity index (χ0n) is 11.1. The van der Waals surface area contributed by atoms with Gasteiger partial charge in [-0.2, -0.15) is 5.26 Å². The Balaban J connectivity index is 1.98. The van der Waals surface area contributed by atoms with E-state index in [1.807, 2.05) is 18.2 Å². The van der Waals surface area contributed by atoms with E-state index >= 15 is 0 Å². The number of hydrogen-bond acceptors (Lipinski definition) is 3. The SMILES string of the molecule is N#Cc1ccc(N)c(NC(=O)NCc2cccc(Cl)c2)c1. The smallest absolute Gasteiger partial charge is 0.319 e. The predicted molar refractivity (Wildman–Crippen MR) is 82.9 cm³/mol. The molecule has 0 aliphatic heterocycles. The molecular formula is C15H13ClN4O. The molecule has 0 spiro atoms. The van der Waals surface area contributed by atoms with Crippen LogP contribution in [0.15, 0.2) is 42.5 Å². The highest BCUT2D eigenvalue weighted by molar-refractivity contribution is 6.30. The second-order valence-corrected chi connectivity index (χ2v) is 4.79. The molecule has 2 rings (SSSR count). The number of nitriles is 1. The zero-order chi connectivity index (χ0) is 15.2. The molecule has 2 aromatic rings. The lowest BCUT2D eigenvalue weighted by atomic mass is 10.2. The minimum atomic E-state index is -0.406. The molecule has 0 fully saturated rings. The average molecular weight is 301 g/mol. The van der Waals surface area contributed by atoms with E-state index in [0.29, 0.717) is 28.5 Å². The summed E-state index contributed by atoms with van der Waals surface area (Å²) in [5.74, 6) is 0. The van der Waals surface area contributed by atoms with E-state index < -0.39 is 6.03 Å². The van der Waals surface area contributed by atoms with Gasteiger partial charge in [0.1, 0.15) is 0 Å². The van der Waals surface area contributed by atoms with Crippen molar-refractivity contribution in [1.82, 2.24) is 5.32 Å². The maximum absolute atomic E-state index is 11.8. The molecule has 0 radical (unpaired) electrons. The van der Waals surface area contributed by atoms with E-state index in [-0.39, 0.29) is 0 Å². The van der Waals surface area contributed by atoms with Crippen molar-refractivity contribution >= 4 is 29.0 Å². The summed E-state index contributed by atoms with van der Waals surface area (Å²) >= 11 is 5.87. The van der Waals surface area contributed by atoms with E-state index in [0.717, 1.165) is 5.56 Å². The Labute approximate surface area is 127 Å². The summed E-state index contributed by atoms with van der Waals surface area (Å²) in [5.41, 5.74) is 7.86. The van der Waals surface area contributed by atoms with E-state index in [1.54, 1.807) is 24.3 Å². The van der Waals surface area contributed by atoms with Gasteiger partial charge in [-0.1, -0.05) is 23.7 Å². The van der Waals surface area contributed by atoms with Crippen molar-refractivity contribution in [3.8, 4) is 6.07 Å². The molecule has 2 aromatic carbocycles. The molecule has 0 aromatic heterocycles. The Morgan fingerprint density at radius 1 is 1.29 bits per heavy atom. The Kier molecular flexibility index (Phi) is 4.64. The fourth-order valence-corrected chi connectivity index (χ4v) is 1.94. The zero-order valence-corrected chi connectivity index (χ0v) is 11.8. The number of nitrogens with zero attached hydrogens (tertiary/aromatic N) is 1. The van der Waals surface area contributed by atoms with Crippen molar-refractivity contribution in [2.24, 2.45) is 0 Å². The Hall–Kier alpha value is -2.71. The van der Waals surface area contributed by atoms with Gasteiger partial charge < -0.3 is 16.4 Å². The Morgan fingerprint density at radius 2 is 2.10 bits per heavy atom. The molecule has 0 saturated heterocycles. The number of amides is 2. The maximum Gasteiger partial charge on any atom is 0.319 e. The third kappa shape index (κ3) is 4.13. The number of hydrogen-bond donors (Lipinski definition) is 3. The monoisotopic (exact) mass is 300 g/mol. The minimum Gasteiger partial charge on any atom is -0.397 e. The number of anilines is 2. The fourth-order valence-electron chi connectivity index (χ4n) is 1.73. The van der Waals surface area contributed by atoms with Crippen LogP contribution in [0, 0.1) is 11.3 Å². The summed E-state index contributed by atoms with van der Waals surface area (Å²) in [5, 5.41) is 14.7. The first-order valence-electron chi connectivity index (χ1n) is 6.17. The second-order valence-electron chi connectivity index (χ2n) is 4.35. The lowest BCUT2D eigenvalue weighted by Gasteiger charge is -2.10. The highest BCUT2D eigenvalue weighted by Gasteiger charge is 2.06. The first-order valence-corrected chi connectivity index (χ1v) is 6.55. The molecule has 2 amide bonds. The number of nitrogens with two attached hydrogens (primary N) is 1. The molecule has 0 unspecified atom stereocenters. The summed E-state index contributed by atoms with van der Waals surface area (Å²) in [7, 11) is 0. The molecule has 21 heavy (non-hydrogen) atoms. The van der Waals surface area contributed by atoms with Crippen LogP contribution in [0.1, 0.15) is 11.1 Å². The van der Waals surface area contributed by atoms with Gasteiger partial charge in [0.25, 0.3) is 0 Å². The van der Waals surface area contributed by atoms with Gasteiger partial charge in [0.15, 0.2) is 0 Å². The number of nitrogen functional groups attached to an aromatic ring is 1. The van der Waals surface area contributed by atoms with Crippen LogP contribution in [0.5, 0.6) is 0 Å². The second kappa shape index (κ2) is 6.64. The molecule has 6 heteroatoms. The number of carbonyl (C=O) groups is 1. The van der Waals surface area contributed by atoms with Crippen LogP contribution in [0.4, 0.5) is 16.2 Å². The van der Waals surface area contributed by atoms with Crippen molar-refractivity contribution in [2.75, 3.05) is 11.1 Å². The number of halogens is 1. The van der Waals surface area contributed by atoms with Gasteiger partial charge in [0.2, 0.25) is 0 Å². The van der Waals surface area contributed by atoms with E-state index in [4.69, 9.17) is 22.6 Å². The fraction of sp³-hybridized carbons (Fsp3) is 0.0667. The normalized spacial score (nSPS) is 9.71. The molecule has 106 valence electrons. The predicted octanol–water partition coefficient (Wildman–Crippen LogP) is 3.12. The van der Waals surface area contributed by atoms with Gasteiger partial charge in [-0.25, -0.2) is 4.79 Å². The van der Waals surface area contributed by atoms with Crippen LogP contribution >= 0.6 is 11.6 Å². The largest absolute Gasteiger partial charge is 0.397 e. The number of benzene rings is 2. The molecule has 0 aliphatic rings. The van der Waals surface area contributed by atoms with Crippen molar-refractivity contribution in [1.29, 1.82) is 5.26 Å². The topological polar surface area (TPSA) is 90.9 Å². The summed E-state index contributed by atoms with van der Waals surface area (Å²) in [4.78, 5) is 11.8. The molecule has 0 saturated carbocycles. The van der Waals surface area contributed by atoms with Gasteiger partial charge in [-0.3, -0.25) is 0 Å². The quantitative estimate of drug-likeness (QED) is 0.761. The van der Waals surface area contributed by atoms with Crippen LogP contribution in [0.2, 0.25) is 5.02 Å².